The summed E-state index contributed by atoms with van der Waals surface area (Å²) in [6, 6.07) is 35.6. The molecule has 1 heterocycles. The summed E-state index contributed by atoms with van der Waals surface area (Å²) in [6.07, 6.45) is 4.60. The number of hydrogen-bond donors (Lipinski definition) is 3. The number of amides is 3. The number of thiophene rings is 1. The largest absolute Gasteiger partial charge is 0.462 e. The van der Waals surface area contributed by atoms with E-state index in [0.29, 0.717) is 34.2 Å². The molecule has 1 aliphatic carbocycles. The van der Waals surface area contributed by atoms with Crippen molar-refractivity contribution in [2.45, 2.75) is 55.6 Å². The van der Waals surface area contributed by atoms with Gasteiger partial charge in [0.05, 0.1) is 17.4 Å². The summed E-state index contributed by atoms with van der Waals surface area (Å²) < 4.78 is 5.46. The molecule has 0 saturated carbocycles. The maximum absolute atomic E-state index is 13.8. The molecule has 2 unspecified atom stereocenters. The van der Waals surface area contributed by atoms with Gasteiger partial charge in [0.2, 0.25) is 5.91 Å². The predicted molar refractivity (Wildman–Crippen MR) is 213 cm³/mol. The molecule has 0 bridgehead atoms. The Labute approximate surface area is 318 Å². The Hall–Kier alpha value is -5.45. The van der Waals surface area contributed by atoms with E-state index in [9.17, 15) is 19.2 Å². The first-order valence-electron chi connectivity index (χ1n) is 17.7. The first kappa shape index (κ1) is 37.3. The topological polar surface area (TPSA) is 114 Å². The number of carbonyl (C=O) groups excluding carboxylic acids is 4. The average molecular weight is 744 g/mol. The van der Waals surface area contributed by atoms with E-state index in [-0.39, 0.29) is 18.2 Å². The lowest BCUT2D eigenvalue weighted by molar-refractivity contribution is -0.116. The minimum absolute atomic E-state index is 0.0834. The molecule has 10 heteroatoms. The summed E-state index contributed by atoms with van der Waals surface area (Å²) >= 11 is 2.84. The van der Waals surface area contributed by atoms with Crippen LogP contribution in [0.5, 0.6) is 0 Å². The van der Waals surface area contributed by atoms with Crippen LogP contribution in [-0.4, -0.2) is 35.5 Å². The van der Waals surface area contributed by atoms with Crippen LogP contribution in [0.1, 0.15) is 74.9 Å². The highest BCUT2D eigenvalue weighted by molar-refractivity contribution is 8.00. The maximum atomic E-state index is 13.8. The van der Waals surface area contributed by atoms with Crippen molar-refractivity contribution in [2.75, 3.05) is 17.2 Å². The maximum Gasteiger partial charge on any atom is 0.341 e. The first-order valence-corrected chi connectivity index (χ1v) is 19.4. The van der Waals surface area contributed by atoms with Crippen LogP contribution in [0, 0.1) is 0 Å². The van der Waals surface area contributed by atoms with Crippen molar-refractivity contribution in [3.05, 3.63) is 154 Å². The standard InChI is InChI=1S/C43H41N3O5S2/c1-3-36(41(49)46-42-38(43(50)51-4-2)34-24-23-31(26-37(34)53-42)29-17-10-6-11-18-29)52-33-22-14-21-32(27-33)44-40(48)35(25-28-15-8-5-9-16-28)45-39(47)30-19-12-7-13-20-30/h5-22,25,27,31,36H,3-4,23-24,26H2,1-2H3,(H,44,48)(H,45,47)(H,46,49)/b35-25-. The number of benzene rings is 4. The van der Waals surface area contributed by atoms with Gasteiger partial charge in [0.15, 0.2) is 0 Å². The molecule has 0 aliphatic heterocycles. The molecule has 53 heavy (non-hydrogen) atoms. The van der Waals surface area contributed by atoms with Gasteiger partial charge in [-0.2, -0.15) is 0 Å². The lowest BCUT2D eigenvalue weighted by Crippen LogP contribution is -2.30. The Kier molecular flexibility index (Phi) is 12.6. The zero-order valence-corrected chi connectivity index (χ0v) is 31.2. The molecule has 5 aromatic rings. The average Bonchev–Trinajstić information content (AvgIpc) is 3.55. The van der Waals surface area contributed by atoms with Crippen LogP contribution >= 0.6 is 23.1 Å². The molecule has 2 atom stereocenters. The van der Waals surface area contributed by atoms with Gasteiger partial charge in [0, 0.05) is 21.0 Å². The minimum atomic E-state index is -0.493. The molecular formula is C43H41N3O5S2. The van der Waals surface area contributed by atoms with Crippen LogP contribution in [0.2, 0.25) is 0 Å². The highest BCUT2D eigenvalue weighted by Crippen LogP contribution is 2.43. The van der Waals surface area contributed by atoms with Crippen LogP contribution in [0.3, 0.4) is 0 Å². The first-order chi connectivity index (χ1) is 25.8. The fraction of sp³-hybridized carbons (Fsp3) is 0.209. The van der Waals surface area contributed by atoms with Gasteiger partial charge in [-0.05, 0) is 91.6 Å². The number of hydrogen-bond acceptors (Lipinski definition) is 7. The Bertz CT molecular complexity index is 2100. The van der Waals surface area contributed by atoms with E-state index in [2.05, 4.69) is 28.1 Å². The second kappa shape index (κ2) is 17.9. The zero-order chi connectivity index (χ0) is 37.2. The second-order valence-corrected chi connectivity index (χ2v) is 14.9. The van der Waals surface area contributed by atoms with Crippen molar-refractivity contribution in [3.8, 4) is 0 Å². The number of rotatable bonds is 13. The lowest BCUT2D eigenvalue weighted by atomic mass is 9.83. The highest BCUT2D eigenvalue weighted by atomic mass is 32.2. The van der Waals surface area contributed by atoms with E-state index in [0.717, 1.165) is 40.2 Å². The number of nitrogens with one attached hydrogen (secondary N) is 3. The van der Waals surface area contributed by atoms with E-state index in [4.69, 9.17) is 4.74 Å². The van der Waals surface area contributed by atoms with Crippen molar-refractivity contribution < 1.29 is 23.9 Å². The van der Waals surface area contributed by atoms with Crippen molar-refractivity contribution in [1.29, 1.82) is 0 Å². The lowest BCUT2D eigenvalue weighted by Gasteiger charge is -2.23. The van der Waals surface area contributed by atoms with Gasteiger partial charge >= 0.3 is 5.97 Å². The molecule has 3 N–H and O–H groups in total. The Morgan fingerprint density at radius 1 is 0.868 bits per heavy atom. The van der Waals surface area contributed by atoms with E-state index >= 15 is 0 Å². The summed E-state index contributed by atoms with van der Waals surface area (Å²) in [7, 11) is 0. The van der Waals surface area contributed by atoms with Crippen LogP contribution in [0.25, 0.3) is 6.08 Å². The van der Waals surface area contributed by atoms with E-state index in [1.54, 1.807) is 55.5 Å². The minimum Gasteiger partial charge on any atom is -0.462 e. The van der Waals surface area contributed by atoms with E-state index in [1.165, 1.54) is 28.7 Å². The summed E-state index contributed by atoms with van der Waals surface area (Å²) in [4.78, 5) is 55.6. The van der Waals surface area contributed by atoms with Crippen LogP contribution < -0.4 is 16.0 Å². The molecule has 270 valence electrons. The normalized spacial score (nSPS) is 14.4. The third-order valence-electron chi connectivity index (χ3n) is 8.93. The molecule has 4 aromatic carbocycles. The number of esters is 1. The van der Waals surface area contributed by atoms with Crippen LogP contribution in [0.4, 0.5) is 10.7 Å². The number of anilines is 2. The Balaban J connectivity index is 1.17. The molecule has 8 nitrogen and oxygen atoms in total. The van der Waals surface area contributed by atoms with E-state index < -0.39 is 23.0 Å². The fourth-order valence-electron chi connectivity index (χ4n) is 6.29. The monoisotopic (exact) mass is 743 g/mol. The van der Waals surface area contributed by atoms with Gasteiger partial charge in [-0.1, -0.05) is 91.9 Å². The summed E-state index contributed by atoms with van der Waals surface area (Å²) in [6.45, 7) is 3.96. The molecule has 1 aromatic heterocycles. The Morgan fingerprint density at radius 2 is 1.57 bits per heavy atom. The third-order valence-corrected chi connectivity index (χ3v) is 11.5. The van der Waals surface area contributed by atoms with Crippen LogP contribution in [0.15, 0.2) is 126 Å². The smallest absolute Gasteiger partial charge is 0.341 e. The molecular weight excluding hydrogens is 703 g/mol. The number of carbonyl (C=O) groups is 4. The molecule has 0 radical (unpaired) electrons. The Morgan fingerprint density at radius 3 is 2.26 bits per heavy atom. The second-order valence-electron chi connectivity index (χ2n) is 12.6. The molecule has 0 spiro atoms. The van der Waals surface area contributed by atoms with Gasteiger partial charge in [-0.15, -0.1) is 23.1 Å². The van der Waals surface area contributed by atoms with Gasteiger partial charge in [0.25, 0.3) is 11.8 Å². The van der Waals surface area contributed by atoms with Gasteiger partial charge in [-0.3, -0.25) is 14.4 Å². The summed E-state index contributed by atoms with van der Waals surface area (Å²) in [5.74, 6) is -1.18. The predicted octanol–water partition coefficient (Wildman–Crippen LogP) is 9.12. The molecule has 0 saturated heterocycles. The molecule has 6 rings (SSSR count). The number of fused-ring (bicyclic) bond motifs is 1. The van der Waals surface area contributed by atoms with Crippen molar-refractivity contribution >= 4 is 63.6 Å². The van der Waals surface area contributed by atoms with Gasteiger partial charge < -0.3 is 20.7 Å². The molecule has 3 amide bonds. The number of ether oxygens (including phenoxy) is 1. The van der Waals surface area contributed by atoms with Crippen molar-refractivity contribution in [1.82, 2.24) is 5.32 Å². The third kappa shape index (κ3) is 9.51. The zero-order valence-electron chi connectivity index (χ0n) is 29.6. The highest BCUT2D eigenvalue weighted by Gasteiger charge is 2.32. The van der Waals surface area contributed by atoms with Crippen molar-refractivity contribution in [3.63, 3.8) is 0 Å². The van der Waals surface area contributed by atoms with Gasteiger partial charge in [-0.25, -0.2) is 4.79 Å². The van der Waals surface area contributed by atoms with Gasteiger partial charge in [0.1, 0.15) is 10.7 Å². The van der Waals surface area contributed by atoms with Crippen LogP contribution in [-0.2, 0) is 27.2 Å². The summed E-state index contributed by atoms with van der Waals surface area (Å²) in [5, 5.41) is 8.81. The fourth-order valence-corrected chi connectivity index (χ4v) is 8.62. The van der Waals surface area contributed by atoms with E-state index in [1.807, 2.05) is 67.6 Å². The van der Waals surface area contributed by atoms with Crippen molar-refractivity contribution in [2.24, 2.45) is 0 Å². The summed E-state index contributed by atoms with van der Waals surface area (Å²) in [5.41, 5.74) is 4.48. The quantitative estimate of drug-likeness (QED) is 0.0630. The molecule has 0 fully saturated rings. The SMILES string of the molecule is CCOC(=O)c1c(NC(=O)C(CC)Sc2cccc(NC(=O)/C(=C/c3ccccc3)NC(=O)c3ccccc3)c2)sc2c1CCC(c1ccccc1)C2. The number of thioether (sulfide) groups is 1. The molecule has 1 aliphatic rings.